The predicted octanol–water partition coefficient (Wildman–Crippen LogP) is 0.203. The van der Waals surface area contributed by atoms with Gasteiger partial charge in [-0.2, -0.15) is 0 Å². The van der Waals surface area contributed by atoms with Crippen molar-refractivity contribution in [2.45, 2.75) is 13.0 Å². The normalized spacial score (nSPS) is 11.0. The minimum atomic E-state index is -0.590. The molecule has 0 saturated heterocycles. The molecule has 0 aliphatic carbocycles. The Kier molecular flexibility index (Phi) is 5.75. The Labute approximate surface area is 119 Å². The molecular weight excluding hydrogens is 254 g/mol. The van der Waals surface area contributed by atoms with Crippen molar-refractivity contribution in [2.24, 2.45) is 5.73 Å². The van der Waals surface area contributed by atoms with Gasteiger partial charge < -0.3 is 16.0 Å². The Hall–Kier alpha value is -2.32. The minimum absolute atomic E-state index is 0.163. The molecule has 1 unspecified atom stereocenters. The molecule has 0 saturated carbocycles. The molecule has 0 fully saturated rings. The molecule has 1 aromatic carbocycles. The maximum atomic E-state index is 12.2. The highest BCUT2D eigenvalue weighted by Crippen LogP contribution is 2.07. The van der Waals surface area contributed by atoms with Gasteiger partial charge >= 0.3 is 0 Å². The van der Waals surface area contributed by atoms with Crippen molar-refractivity contribution in [3.63, 3.8) is 0 Å². The van der Waals surface area contributed by atoms with E-state index in [1.54, 1.807) is 45.3 Å². The first-order chi connectivity index (χ1) is 9.47. The van der Waals surface area contributed by atoms with Crippen LogP contribution in [0.4, 0.5) is 0 Å². The van der Waals surface area contributed by atoms with Crippen molar-refractivity contribution in [3.05, 3.63) is 35.4 Å². The molecule has 2 amide bonds. The van der Waals surface area contributed by atoms with E-state index >= 15 is 0 Å². The summed E-state index contributed by atoms with van der Waals surface area (Å²) in [6, 6.07) is 6.37. The average Bonchev–Trinajstić information content (AvgIpc) is 2.44. The molecule has 0 spiro atoms. The number of benzene rings is 1. The van der Waals surface area contributed by atoms with E-state index in [0.29, 0.717) is 11.1 Å². The van der Waals surface area contributed by atoms with Crippen molar-refractivity contribution in [2.75, 3.05) is 20.6 Å². The number of nitrogens with two attached hydrogens (primary N) is 1. The molecule has 0 aliphatic rings. The van der Waals surface area contributed by atoms with E-state index in [2.05, 4.69) is 17.2 Å². The number of nitrogens with one attached hydrogen (secondary N) is 1. The van der Waals surface area contributed by atoms with Crippen LogP contribution in [0.2, 0.25) is 0 Å². The summed E-state index contributed by atoms with van der Waals surface area (Å²) < 4.78 is 0. The third-order valence-corrected chi connectivity index (χ3v) is 2.66. The molecule has 5 heteroatoms. The van der Waals surface area contributed by atoms with Crippen molar-refractivity contribution < 1.29 is 9.59 Å². The van der Waals surface area contributed by atoms with Crippen LogP contribution in [-0.4, -0.2) is 43.4 Å². The smallest absolute Gasteiger partial charge is 0.253 e. The summed E-state index contributed by atoms with van der Waals surface area (Å²) in [5, 5.41) is 2.66. The van der Waals surface area contributed by atoms with E-state index < -0.39 is 6.04 Å². The number of amides is 2. The van der Waals surface area contributed by atoms with Gasteiger partial charge in [-0.15, -0.1) is 0 Å². The third kappa shape index (κ3) is 4.11. The molecule has 5 nitrogen and oxygen atoms in total. The molecule has 1 aromatic rings. The molecule has 3 N–H and O–H groups in total. The molecule has 0 radical (unpaired) electrons. The molecular formula is C15H19N3O2. The quantitative estimate of drug-likeness (QED) is 0.773. The van der Waals surface area contributed by atoms with Gasteiger partial charge in [-0.25, -0.2) is 0 Å². The van der Waals surface area contributed by atoms with E-state index in [-0.39, 0.29) is 18.4 Å². The fraction of sp³-hybridized carbons (Fsp3) is 0.333. The first kappa shape index (κ1) is 15.7. The molecule has 1 rings (SSSR count). The van der Waals surface area contributed by atoms with E-state index in [1.165, 1.54) is 4.90 Å². The van der Waals surface area contributed by atoms with Crippen LogP contribution in [-0.2, 0) is 4.79 Å². The molecule has 20 heavy (non-hydrogen) atoms. The number of rotatable bonds is 3. The van der Waals surface area contributed by atoms with Crippen molar-refractivity contribution >= 4 is 11.8 Å². The number of nitrogens with zero attached hydrogens (tertiary/aromatic N) is 1. The number of hydrogen-bond donors (Lipinski definition) is 2. The summed E-state index contributed by atoms with van der Waals surface area (Å²) in [5.74, 6) is 5.08. The van der Waals surface area contributed by atoms with Gasteiger partial charge in [-0.3, -0.25) is 9.59 Å². The number of hydrogen-bond acceptors (Lipinski definition) is 3. The molecule has 0 heterocycles. The van der Waals surface area contributed by atoms with E-state index in [1.807, 2.05) is 0 Å². The van der Waals surface area contributed by atoms with Gasteiger partial charge in [-0.05, 0) is 19.1 Å². The second-order valence-corrected chi connectivity index (χ2v) is 4.48. The molecule has 0 aliphatic heterocycles. The maximum Gasteiger partial charge on any atom is 0.253 e. The highest BCUT2D eigenvalue weighted by molar-refractivity contribution is 5.99. The fourth-order valence-electron chi connectivity index (χ4n) is 1.66. The summed E-state index contributed by atoms with van der Waals surface area (Å²) in [4.78, 5) is 25.4. The average molecular weight is 273 g/mol. The van der Waals surface area contributed by atoms with Crippen molar-refractivity contribution in [1.82, 2.24) is 10.2 Å². The van der Waals surface area contributed by atoms with Crippen LogP contribution in [0.25, 0.3) is 0 Å². The number of likely N-dealkylation sites (N-methyl/N-ethyl adjacent to an activating group) is 1. The Balaban J connectivity index is 2.90. The van der Waals surface area contributed by atoms with Gasteiger partial charge in [0.1, 0.15) is 6.04 Å². The van der Waals surface area contributed by atoms with Crippen LogP contribution in [0, 0.1) is 11.8 Å². The Morgan fingerprint density at radius 2 is 2.00 bits per heavy atom. The summed E-state index contributed by atoms with van der Waals surface area (Å²) >= 11 is 0. The predicted molar refractivity (Wildman–Crippen MR) is 78.0 cm³/mol. The van der Waals surface area contributed by atoms with E-state index in [9.17, 15) is 9.59 Å². The van der Waals surface area contributed by atoms with Crippen molar-refractivity contribution in [1.29, 1.82) is 0 Å². The third-order valence-electron chi connectivity index (χ3n) is 2.66. The zero-order valence-corrected chi connectivity index (χ0v) is 11.9. The largest absolute Gasteiger partial charge is 0.347 e. The van der Waals surface area contributed by atoms with Crippen LogP contribution in [0.3, 0.4) is 0 Å². The maximum absolute atomic E-state index is 12.2. The summed E-state index contributed by atoms with van der Waals surface area (Å²) in [6.45, 7) is 1.87. The van der Waals surface area contributed by atoms with E-state index in [0.717, 1.165) is 0 Å². The van der Waals surface area contributed by atoms with Gasteiger partial charge in [-0.1, -0.05) is 24.0 Å². The van der Waals surface area contributed by atoms with Crippen LogP contribution >= 0.6 is 0 Å². The first-order valence-electron chi connectivity index (χ1n) is 6.27. The highest BCUT2D eigenvalue weighted by Gasteiger charge is 2.19. The highest BCUT2D eigenvalue weighted by atomic mass is 16.2. The van der Waals surface area contributed by atoms with Gasteiger partial charge in [0.05, 0.1) is 12.1 Å². The summed E-state index contributed by atoms with van der Waals surface area (Å²) in [7, 11) is 3.29. The van der Waals surface area contributed by atoms with Gasteiger partial charge in [0.25, 0.3) is 5.91 Å². The molecule has 106 valence electrons. The van der Waals surface area contributed by atoms with Gasteiger partial charge in [0, 0.05) is 19.7 Å². The fourth-order valence-corrected chi connectivity index (χ4v) is 1.66. The Morgan fingerprint density at radius 1 is 1.35 bits per heavy atom. The standard InChI is InChI=1S/C15H19N3O2/c1-11(15(20)18(2)3)17-14(19)13-9-5-4-7-12(13)8-6-10-16/h4-5,7,9,11H,10,16H2,1-3H3,(H,17,19). The summed E-state index contributed by atoms with van der Waals surface area (Å²) in [6.07, 6.45) is 0. The van der Waals surface area contributed by atoms with Crippen LogP contribution in [0.1, 0.15) is 22.8 Å². The van der Waals surface area contributed by atoms with Crippen molar-refractivity contribution in [3.8, 4) is 11.8 Å². The lowest BCUT2D eigenvalue weighted by molar-refractivity contribution is -0.130. The lowest BCUT2D eigenvalue weighted by atomic mass is 10.1. The van der Waals surface area contributed by atoms with Gasteiger partial charge in [0.2, 0.25) is 5.91 Å². The Morgan fingerprint density at radius 3 is 2.60 bits per heavy atom. The minimum Gasteiger partial charge on any atom is -0.347 e. The molecule has 0 aromatic heterocycles. The lowest BCUT2D eigenvalue weighted by Gasteiger charge is -2.18. The number of carbonyl (C=O) groups is 2. The summed E-state index contributed by atoms with van der Waals surface area (Å²) in [5.41, 5.74) is 6.37. The monoisotopic (exact) mass is 273 g/mol. The van der Waals surface area contributed by atoms with Crippen LogP contribution in [0.5, 0.6) is 0 Å². The lowest BCUT2D eigenvalue weighted by Crippen LogP contribution is -2.44. The zero-order valence-electron chi connectivity index (χ0n) is 11.9. The number of carbonyl (C=O) groups excluding carboxylic acids is 2. The second kappa shape index (κ2) is 7.31. The van der Waals surface area contributed by atoms with Crippen LogP contribution in [0.15, 0.2) is 24.3 Å². The van der Waals surface area contributed by atoms with Gasteiger partial charge in [0.15, 0.2) is 0 Å². The SMILES string of the molecule is CC(NC(=O)c1ccccc1C#CCN)C(=O)N(C)C. The molecule has 0 bridgehead atoms. The van der Waals surface area contributed by atoms with Crippen LogP contribution < -0.4 is 11.1 Å². The zero-order chi connectivity index (χ0) is 15.1. The topological polar surface area (TPSA) is 75.4 Å². The first-order valence-corrected chi connectivity index (χ1v) is 6.27. The van der Waals surface area contributed by atoms with E-state index in [4.69, 9.17) is 5.73 Å². The molecule has 1 atom stereocenters. The second-order valence-electron chi connectivity index (χ2n) is 4.48. The Bertz CT molecular complexity index is 556.